The molecule has 2 aromatic carbocycles. The van der Waals surface area contributed by atoms with Gasteiger partial charge in [-0.1, -0.05) is 35.7 Å². The first-order chi connectivity index (χ1) is 12.8. The number of sulfonamides is 1. The predicted molar refractivity (Wildman–Crippen MR) is 108 cm³/mol. The minimum Gasteiger partial charge on any atom is -0.323 e. The molecule has 0 unspecified atom stereocenters. The highest BCUT2D eigenvalue weighted by molar-refractivity contribution is 7.89. The van der Waals surface area contributed by atoms with Crippen LogP contribution in [0.5, 0.6) is 0 Å². The summed E-state index contributed by atoms with van der Waals surface area (Å²) >= 11 is 12.0. The number of amides is 1. The van der Waals surface area contributed by atoms with E-state index in [0.29, 0.717) is 35.1 Å². The van der Waals surface area contributed by atoms with E-state index in [1.807, 2.05) is 13.0 Å². The summed E-state index contributed by atoms with van der Waals surface area (Å²) in [6.07, 6.45) is 1.95. The number of halogens is 2. The van der Waals surface area contributed by atoms with Crippen LogP contribution in [0.4, 0.5) is 5.69 Å². The Morgan fingerprint density at radius 1 is 1.11 bits per heavy atom. The molecule has 2 aromatic rings. The molecule has 0 aromatic heterocycles. The summed E-state index contributed by atoms with van der Waals surface area (Å²) in [6.45, 7) is 2.20. The van der Waals surface area contributed by atoms with Crippen molar-refractivity contribution in [3.05, 3.63) is 58.1 Å². The van der Waals surface area contributed by atoms with Crippen LogP contribution in [-0.2, 0) is 14.8 Å². The first-order valence-electron chi connectivity index (χ1n) is 8.63. The Bertz CT molecular complexity index is 946. The largest absolute Gasteiger partial charge is 0.323 e. The maximum absolute atomic E-state index is 13.1. The molecular weight excluding hydrogens is 407 g/mol. The molecule has 0 bridgehead atoms. The number of hydrogen-bond donors (Lipinski definition) is 1. The van der Waals surface area contributed by atoms with Crippen molar-refractivity contribution in [3.63, 3.8) is 0 Å². The molecule has 1 amide bonds. The van der Waals surface area contributed by atoms with Gasteiger partial charge < -0.3 is 5.32 Å². The van der Waals surface area contributed by atoms with E-state index in [0.717, 1.165) is 12.0 Å². The molecule has 5 nitrogen and oxygen atoms in total. The van der Waals surface area contributed by atoms with Crippen LogP contribution >= 0.6 is 23.2 Å². The molecule has 1 atom stereocenters. The summed E-state index contributed by atoms with van der Waals surface area (Å²) in [6, 6.07) is 10.5. The first-order valence-corrected chi connectivity index (χ1v) is 10.8. The Balaban J connectivity index is 1.86. The van der Waals surface area contributed by atoms with Crippen LogP contribution in [0.25, 0.3) is 0 Å². The van der Waals surface area contributed by atoms with Gasteiger partial charge in [-0.05, 0) is 61.7 Å². The van der Waals surface area contributed by atoms with Crippen molar-refractivity contribution in [2.45, 2.75) is 37.1 Å². The molecule has 0 spiro atoms. The van der Waals surface area contributed by atoms with Crippen molar-refractivity contribution < 1.29 is 13.2 Å². The highest BCUT2D eigenvalue weighted by atomic mass is 35.5. The van der Waals surface area contributed by atoms with Gasteiger partial charge in [0.05, 0.1) is 15.6 Å². The third-order valence-corrected chi connectivity index (χ3v) is 7.05. The van der Waals surface area contributed by atoms with E-state index < -0.39 is 16.1 Å². The molecular formula is C19H20Cl2N2O3S. The van der Waals surface area contributed by atoms with Gasteiger partial charge in [-0.2, -0.15) is 4.31 Å². The molecule has 27 heavy (non-hydrogen) atoms. The molecule has 1 saturated heterocycles. The van der Waals surface area contributed by atoms with Crippen molar-refractivity contribution in [1.82, 2.24) is 4.31 Å². The van der Waals surface area contributed by atoms with Crippen LogP contribution in [0.15, 0.2) is 47.4 Å². The molecule has 0 aliphatic carbocycles. The van der Waals surface area contributed by atoms with Crippen LogP contribution < -0.4 is 5.32 Å². The van der Waals surface area contributed by atoms with E-state index in [4.69, 9.17) is 23.2 Å². The van der Waals surface area contributed by atoms with Crippen LogP contribution in [0.2, 0.25) is 10.0 Å². The minimum atomic E-state index is -3.80. The maximum Gasteiger partial charge on any atom is 0.243 e. The zero-order chi connectivity index (χ0) is 19.6. The van der Waals surface area contributed by atoms with Gasteiger partial charge in [-0.15, -0.1) is 0 Å². The van der Waals surface area contributed by atoms with Crippen LogP contribution in [0, 0.1) is 6.92 Å². The van der Waals surface area contributed by atoms with Crippen LogP contribution in [0.3, 0.4) is 0 Å². The van der Waals surface area contributed by atoms with Crippen molar-refractivity contribution in [3.8, 4) is 0 Å². The monoisotopic (exact) mass is 426 g/mol. The summed E-state index contributed by atoms with van der Waals surface area (Å²) in [5.41, 5.74) is 1.45. The van der Waals surface area contributed by atoms with Gasteiger partial charge in [0.15, 0.2) is 0 Å². The quantitative estimate of drug-likeness (QED) is 0.782. The van der Waals surface area contributed by atoms with Gasteiger partial charge in [-0.25, -0.2) is 8.42 Å². The molecule has 1 aliphatic rings. The molecule has 0 saturated carbocycles. The van der Waals surface area contributed by atoms with Crippen molar-refractivity contribution in [2.75, 3.05) is 11.9 Å². The lowest BCUT2D eigenvalue weighted by Crippen LogP contribution is -2.49. The Labute approximate surface area is 169 Å². The van der Waals surface area contributed by atoms with E-state index in [-0.39, 0.29) is 10.8 Å². The molecule has 8 heteroatoms. The molecule has 1 heterocycles. The summed E-state index contributed by atoms with van der Waals surface area (Å²) in [5, 5.41) is 3.65. The number of nitrogens with zero attached hydrogens (tertiary/aromatic N) is 1. The van der Waals surface area contributed by atoms with E-state index in [9.17, 15) is 13.2 Å². The van der Waals surface area contributed by atoms with E-state index in [1.165, 1.54) is 28.6 Å². The lowest BCUT2D eigenvalue weighted by Gasteiger charge is -2.33. The molecule has 144 valence electrons. The minimum absolute atomic E-state index is 0.125. The Hall–Kier alpha value is -1.60. The number of benzene rings is 2. The number of piperidine rings is 1. The lowest BCUT2D eigenvalue weighted by atomic mass is 10.0. The van der Waals surface area contributed by atoms with Crippen LogP contribution in [-0.4, -0.2) is 31.2 Å². The SMILES string of the molecule is Cc1ccc(NC(=O)[C@H]2CCCCN2S(=O)(=O)c2ccc(Cl)cc2)c(Cl)c1. The van der Waals surface area contributed by atoms with Crippen molar-refractivity contribution >= 4 is 44.8 Å². The topological polar surface area (TPSA) is 66.5 Å². The third-order valence-electron chi connectivity index (χ3n) is 4.56. The van der Waals surface area contributed by atoms with E-state index in [2.05, 4.69) is 5.32 Å². The average Bonchev–Trinajstić information content (AvgIpc) is 2.64. The first kappa shape index (κ1) is 20.1. The molecule has 1 N–H and O–H groups in total. The molecule has 1 fully saturated rings. The van der Waals surface area contributed by atoms with Gasteiger partial charge in [-0.3, -0.25) is 4.79 Å². The second-order valence-electron chi connectivity index (χ2n) is 6.55. The second-order valence-corrected chi connectivity index (χ2v) is 9.29. The fraction of sp³-hybridized carbons (Fsp3) is 0.316. The number of hydrogen-bond acceptors (Lipinski definition) is 3. The summed E-state index contributed by atoms with van der Waals surface area (Å²) in [7, 11) is -3.80. The number of carbonyl (C=O) groups is 1. The van der Waals surface area contributed by atoms with Gasteiger partial charge in [0.1, 0.15) is 6.04 Å². The molecule has 3 rings (SSSR count). The highest BCUT2D eigenvalue weighted by Crippen LogP contribution is 2.28. The number of rotatable bonds is 4. The van der Waals surface area contributed by atoms with Gasteiger partial charge in [0.25, 0.3) is 0 Å². The second kappa shape index (κ2) is 8.19. The van der Waals surface area contributed by atoms with Gasteiger partial charge in [0, 0.05) is 11.6 Å². The fourth-order valence-corrected chi connectivity index (χ4v) is 5.20. The molecule has 1 aliphatic heterocycles. The number of carbonyl (C=O) groups excluding carboxylic acids is 1. The van der Waals surface area contributed by atoms with Crippen LogP contribution in [0.1, 0.15) is 24.8 Å². The Morgan fingerprint density at radius 3 is 2.48 bits per heavy atom. The molecule has 0 radical (unpaired) electrons. The zero-order valence-electron chi connectivity index (χ0n) is 14.8. The Morgan fingerprint density at radius 2 is 1.81 bits per heavy atom. The summed E-state index contributed by atoms with van der Waals surface area (Å²) in [5.74, 6) is -0.377. The van der Waals surface area contributed by atoms with Crippen molar-refractivity contribution in [1.29, 1.82) is 0 Å². The summed E-state index contributed by atoms with van der Waals surface area (Å²) in [4.78, 5) is 13.0. The fourth-order valence-electron chi connectivity index (χ4n) is 3.13. The number of anilines is 1. The van der Waals surface area contributed by atoms with E-state index in [1.54, 1.807) is 12.1 Å². The number of aryl methyl sites for hydroxylation is 1. The van der Waals surface area contributed by atoms with E-state index >= 15 is 0 Å². The Kier molecular flexibility index (Phi) is 6.11. The lowest BCUT2D eigenvalue weighted by molar-refractivity contribution is -0.120. The standard InChI is InChI=1S/C19H20Cl2N2O3S/c1-13-5-10-17(16(21)12-13)22-19(24)18-4-2-3-11-23(18)27(25,26)15-8-6-14(20)7-9-15/h5-10,12,18H,2-4,11H2,1H3,(H,22,24)/t18-/m1/s1. The van der Waals surface area contributed by atoms with Crippen molar-refractivity contribution in [2.24, 2.45) is 0 Å². The number of nitrogens with one attached hydrogen (secondary N) is 1. The smallest absolute Gasteiger partial charge is 0.243 e. The average molecular weight is 427 g/mol. The maximum atomic E-state index is 13.1. The zero-order valence-corrected chi connectivity index (χ0v) is 17.1. The normalized spacial score (nSPS) is 18.3. The predicted octanol–water partition coefficient (Wildman–Crippen LogP) is 4.48. The summed E-state index contributed by atoms with van der Waals surface area (Å²) < 4.78 is 27.4. The van der Waals surface area contributed by atoms with Gasteiger partial charge >= 0.3 is 0 Å². The third kappa shape index (κ3) is 4.46. The van der Waals surface area contributed by atoms with Gasteiger partial charge in [0.2, 0.25) is 15.9 Å². The highest BCUT2D eigenvalue weighted by Gasteiger charge is 2.37.